The fourth-order valence-electron chi connectivity index (χ4n) is 4.83. The van der Waals surface area contributed by atoms with Crippen LogP contribution in [-0.4, -0.2) is 67.7 Å². The summed E-state index contributed by atoms with van der Waals surface area (Å²) in [5.74, 6) is -2.67. The molecule has 6 aromatic rings. The first-order chi connectivity index (χ1) is 26.4. The molecular weight excluding hydrogens is 777 g/mol. The van der Waals surface area contributed by atoms with E-state index in [1.54, 1.807) is 0 Å². The molecule has 0 fully saturated rings. The molecule has 2 aromatic carbocycles. The molecule has 12 N–H and O–H groups in total. The number of nitrogen functional groups attached to an aromatic ring is 2. The second-order valence-corrected chi connectivity index (χ2v) is 13.9. The van der Waals surface area contributed by atoms with E-state index in [4.69, 9.17) is 22.9 Å². The Bertz CT molecular complexity index is 2770. The number of pyridine rings is 2. The number of aromatic nitrogens is 8. The predicted molar refractivity (Wildman–Crippen MR) is 191 cm³/mol. The van der Waals surface area contributed by atoms with Gasteiger partial charge in [0.2, 0.25) is 18.1 Å². The standard InChI is InChI=1S/C30H26N16O8S2/c31-23(47)15-3-1-9-45(13-15)30-41-26(34)39-28(43-30)37-20-8-5-17(11-22(20)56(52,53)54)35-19-7-6-18(12-21(19)55(49,50)51)36-27-38-25(33)40-29(42-27)44-46-10-2-4-16(14-46)24(32)48/h1-14,35H,(H11-2,31,32,33,34,36,37,38,39,40,41,42,43,44,47,48,49,50,51,52,53,54). The lowest BCUT2D eigenvalue weighted by Crippen LogP contribution is -2.43. The van der Waals surface area contributed by atoms with Gasteiger partial charge in [0.25, 0.3) is 17.8 Å². The Morgan fingerprint density at radius 3 is 1.73 bits per heavy atom. The van der Waals surface area contributed by atoms with Crippen LogP contribution in [0, 0.1) is 0 Å². The maximum Gasteiger partial charge on any atom is 0.444 e. The number of nitrogens with two attached hydrogens (primary N) is 4. The van der Waals surface area contributed by atoms with Crippen molar-refractivity contribution in [3.05, 3.63) is 96.6 Å². The number of hydrogen-bond donors (Lipinski definition) is 8. The third-order valence-electron chi connectivity index (χ3n) is 7.21. The molecule has 0 bridgehead atoms. The van der Waals surface area contributed by atoms with Crippen molar-refractivity contribution >= 4 is 84.5 Å². The van der Waals surface area contributed by atoms with E-state index in [9.17, 15) is 35.5 Å². The third kappa shape index (κ3) is 9.09. The molecule has 0 aliphatic heterocycles. The highest BCUT2D eigenvalue weighted by Crippen LogP contribution is 2.32. The zero-order valence-electron chi connectivity index (χ0n) is 28.1. The van der Waals surface area contributed by atoms with Crippen molar-refractivity contribution in [1.29, 1.82) is 0 Å². The summed E-state index contributed by atoms with van der Waals surface area (Å²) < 4.78 is 76.9. The molecule has 6 rings (SSSR count). The second kappa shape index (κ2) is 15.0. The molecule has 0 atom stereocenters. The van der Waals surface area contributed by atoms with E-state index in [1.165, 1.54) is 76.5 Å². The van der Waals surface area contributed by atoms with Crippen LogP contribution in [0.15, 0.2) is 95.2 Å². The number of anilines is 9. The van der Waals surface area contributed by atoms with E-state index >= 15 is 0 Å². The van der Waals surface area contributed by atoms with Gasteiger partial charge in [0, 0.05) is 17.4 Å². The van der Waals surface area contributed by atoms with E-state index in [2.05, 4.69) is 51.3 Å². The normalized spacial score (nSPS) is 11.4. The Morgan fingerprint density at radius 2 is 1.12 bits per heavy atom. The third-order valence-corrected chi connectivity index (χ3v) is 8.96. The van der Waals surface area contributed by atoms with Gasteiger partial charge >= 0.3 is 17.8 Å². The molecule has 0 aliphatic carbocycles. The lowest BCUT2D eigenvalue weighted by atomic mass is 10.2. The number of nitrogens with one attached hydrogen (secondary N) is 4. The first kappa shape index (κ1) is 38.1. The first-order valence-corrected chi connectivity index (χ1v) is 18.2. The predicted octanol–water partition coefficient (Wildman–Crippen LogP) is -1.10. The van der Waals surface area contributed by atoms with Crippen LogP contribution in [0.2, 0.25) is 0 Å². The molecular formula is C30H26N16O8S2. The van der Waals surface area contributed by atoms with E-state index < -0.39 is 41.8 Å². The molecule has 0 spiro atoms. The maximum atomic E-state index is 12.4. The molecule has 4 heterocycles. The fraction of sp³-hybridized carbons (Fsp3) is 0. The molecule has 0 unspecified atom stereocenters. The van der Waals surface area contributed by atoms with Crippen LogP contribution in [0.3, 0.4) is 0 Å². The van der Waals surface area contributed by atoms with E-state index in [-0.39, 0.29) is 69.6 Å². The van der Waals surface area contributed by atoms with Gasteiger partial charge in [-0.05, 0) is 64.6 Å². The van der Waals surface area contributed by atoms with Crippen molar-refractivity contribution in [2.75, 3.05) is 32.8 Å². The monoisotopic (exact) mass is 802 g/mol. The number of rotatable bonds is 13. The van der Waals surface area contributed by atoms with Gasteiger partial charge in [0.05, 0.1) is 39.1 Å². The average Bonchev–Trinajstić information content (AvgIpc) is 3.11. The highest BCUT2D eigenvalue weighted by molar-refractivity contribution is 7.86. The fourth-order valence-corrected chi connectivity index (χ4v) is 6.15. The van der Waals surface area contributed by atoms with Crippen LogP contribution in [0.25, 0.3) is 5.95 Å². The Hall–Kier alpha value is -7.68. The summed E-state index contributed by atoms with van der Waals surface area (Å²) in [4.78, 5) is 45.7. The summed E-state index contributed by atoms with van der Waals surface area (Å²) in [6.07, 6.45) is 5.68. The van der Waals surface area contributed by atoms with Crippen LogP contribution in [0.1, 0.15) is 20.7 Å². The van der Waals surface area contributed by atoms with Gasteiger partial charge in [-0.2, -0.15) is 15.0 Å². The number of carbonyl (C=O) groups is 2. The Morgan fingerprint density at radius 1 is 0.607 bits per heavy atom. The van der Waals surface area contributed by atoms with Crippen molar-refractivity contribution in [2.45, 2.75) is 9.79 Å². The van der Waals surface area contributed by atoms with Gasteiger partial charge in [0.1, 0.15) is 25.8 Å². The number of primary amides is 2. The number of benzene rings is 2. The minimum Gasteiger partial charge on any atom is -0.744 e. The van der Waals surface area contributed by atoms with Gasteiger partial charge in [-0.25, -0.2) is 21.4 Å². The number of hydrogen-bond acceptors (Lipinski definition) is 20. The average molecular weight is 803 g/mol. The number of carbonyl (C=O) groups excluding carboxylic acids is 2. The summed E-state index contributed by atoms with van der Waals surface area (Å²) in [7, 11) is -10.4. The van der Waals surface area contributed by atoms with Crippen molar-refractivity contribution < 1.29 is 44.8 Å². The zero-order chi connectivity index (χ0) is 40.4. The SMILES string of the molecule is NC(=O)c1ccc[n+](Nc2nc(N)nc(Nc3ccc(Nc4ccc(Nc5nc(N)nc(-[n+]6cccc(C(N)=O)c6)n5)c(S(=O)(=O)[O-])c4)c(S(=O)(=O)[O-])c3)n2)c1. The van der Waals surface area contributed by atoms with Crippen molar-refractivity contribution in [1.82, 2.24) is 29.9 Å². The Kier molecular flexibility index (Phi) is 10.2. The topological polar surface area (TPSA) is 386 Å². The first-order valence-electron chi connectivity index (χ1n) is 15.3. The van der Waals surface area contributed by atoms with Crippen molar-refractivity contribution in [3.8, 4) is 5.95 Å². The highest BCUT2D eigenvalue weighted by Gasteiger charge is 2.21. The zero-order valence-corrected chi connectivity index (χ0v) is 29.7. The van der Waals surface area contributed by atoms with Crippen molar-refractivity contribution in [2.24, 2.45) is 11.5 Å². The molecule has 26 heteroatoms. The molecule has 4 aromatic heterocycles. The summed E-state index contributed by atoms with van der Waals surface area (Å²) in [6.45, 7) is 0. The van der Waals surface area contributed by atoms with Crippen LogP contribution in [0.5, 0.6) is 0 Å². The molecule has 0 radical (unpaired) electrons. The van der Waals surface area contributed by atoms with E-state index in [0.717, 1.165) is 18.2 Å². The van der Waals surface area contributed by atoms with Crippen LogP contribution in [-0.2, 0) is 20.2 Å². The van der Waals surface area contributed by atoms with Crippen LogP contribution < -0.4 is 53.6 Å². The van der Waals surface area contributed by atoms with E-state index in [0.29, 0.717) is 0 Å². The van der Waals surface area contributed by atoms with Crippen LogP contribution >= 0.6 is 0 Å². The van der Waals surface area contributed by atoms with E-state index in [1.807, 2.05) is 0 Å². The number of nitrogens with zero attached hydrogens (tertiary/aromatic N) is 8. The largest absolute Gasteiger partial charge is 0.744 e. The quantitative estimate of drug-likeness (QED) is 0.0507. The van der Waals surface area contributed by atoms with Crippen molar-refractivity contribution in [3.63, 3.8) is 0 Å². The summed E-state index contributed by atoms with van der Waals surface area (Å²) in [5.41, 5.74) is 24.6. The summed E-state index contributed by atoms with van der Waals surface area (Å²) in [5, 5.41) is 7.95. The van der Waals surface area contributed by atoms with Gasteiger partial charge in [-0.15, -0.1) is 10.4 Å². The smallest absolute Gasteiger partial charge is 0.444 e. The van der Waals surface area contributed by atoms with Crippen LogP contribution in [0.4, 0.5) is 52.5 Å². The second-order valence-electron chi connectivity index (χ2n) is 11.2. The molecule has 0 saturated heterocycles. The molecule has 286 valence electrons. The van der Waals surface area contributed by atoms with Gasteiger partial charge < -0.3 is 48.0 Å². The minimum absolute atomic E-state index is 0.00258. The number of amides is 2. The lowest BCUT2D eigenvalue weighted by molar-refractivity contribution is -0.643. The Balaban J connectivity index is 1.26. The molecule has 2 amide bonds. The highest BCUT2D eigenvalue weighted by atomic mass is 32.2. The van der Waals surface area contributed by atoms with Gasteiger partial charge in [-0.3, -0.25) is 9.59 Å². The summed E-state index contributed by atoms with van der Waals surface area (Å²) >= 11 is 0. The minimum atomic E-state index is -5.23. The van der Waals surface area contributed by atoms with Gasteiger partial charge in [-0.1, -0.05) is 4.68 Å². The molecule has 0 saturated carbocycles. The maximum absolute atomic E-state index is 12.4. The molecule has 56 heavy (non-hydrogen) atoms. The van der Waals surface area contributed by atoms with Gasteiger partial charge in [0.15, 0.2) is 6.20 Å². The summed E-state index contributed by atoms with van der Waals surface area (Å²) in [6, 6.07) is 12.7. The molecule has 24 nitrogen and oxygen atoms in total. The Labute approximate surface area is 315 Å². The lowest BCUT2D eigenvalue weighted by Gasteiger charge is -2.19. The molecule has 0 aliphatic rings.